The van der Waals surface area contributed by atoms with Gasteiger partial charge in [-0.15, -0.1) is 0 Å². The van der Waals surface area contributed by atoms with E-state index in [-0.39, 0.29) is 6.42 Å². The van der Waals surface area contributed by atoms with E-state index in [9.17, 15) is 9.59 Å². The SMILES string of the molecule is COC(=O)c1cncc(C=CCC(=O)O)c1. The Labute approximate surface area is 92.4 Å². The van der Waals surface area contributed by atoms with Gasteiger partial charge in [0.1, 0.15) is 0 Å². The highest BCUT2D eigenvalue weighted by atomic mass is 16.5. The van der Waals surface area contributed by atoms with Crippen LogP contribution < -0.4 is 0 Å². The number of esters is 1. The largest absolute Gasteiger partial charge is 0.481 e. The van der Waals surface area contributed by atoms with E-state index in [2.05, 4.69) is 9.72 Å². The van der Waals surface area contributed by atoms with E-state index < -0.39 is 11.9 Å². The molecule has 0 aliphatic rings. The first kappa shape index (κ1) is 11.9. The molecular weight excluding hydrogens is 210 g/mol. The lowest BCUT2D eigenvalue weighted by Gasteiger charge is -1.99. The fraction of sp³-hybridized carbons (Fsp3) is 0.182. The lowest BCUT2D eigenvalue weighted by atomic mass is 10.2. The highest BCUT2D eigenvalue weighted by molar-refractivity contribution is 5.89. The van der Waals surface area contributed by atoms with Crippen molar-refractivity contribution in [2.75, 3.05) is 7.11 Å². The molecular formula is C11H11NO4. The van der Waals surface area contributed by atoms with Crippen molar-refractivity contribution in [3.8, 4) is 0 Å². The number of hydrogen-bond acceptors (Lipinski definition) is 4. The maximum absolute atomic E-state index is 11.2. The van der Waals surface area contributed by atoms with Crippen LogP contribution in [0.4, 0.5) is 0 Å². The summed E-state index contributed by atoms with van der Waals surface area (Å²) in [5.41, 5.74) is 0.990. The number of ether oxygens (including phenoxy) is 1. The Morgan fingerprint density at radius 1 is 1.50 bits per heavy atom. The van der Waals surface area contributed by atoms with Gasteiger partial charge in [0.2, 0.25) is 0 Å². The number of aliphatic carboxylic acids is 1. The van der Waals surface area contributed by atoms with Crippen molar-refractivity contribution >= 4 is 18.0 Å². The molecule has 0 aliphatic carbocycles. The van der Waals surface area contributed by atoms with Crippen molar-refractivity contribution < 1.29 is 19.4 Å². The van der Waals surface area contributed by atoms with Gasteiger partial charge in [0, 0.05) is 12.4 Å². The molecule has 1 aromatic rings. The Morgan fingerprint density at radius 2 is 2.25 bits per heavy atom. The Balaban J connectivity index is 2.78. The first-order valence-electron chi connectivity index (χ1n) is 4.55. The van der Waals surface area contributed by atoms with Gasteiger partial charge in [-0.2, -0.15) is 0 Å². The summed E-state index contributed by atoms with van der Waals surface area (Å²) >= 11 is 0. The van der Waals surface area contributed by atoms with Crippen molar-refractivity contribution in [1.29, 1.82) is 0 Å². The molecule has 1 aromatic heterocycles. The zero-order valence-corrected chi connectivity index (χ0v) is 8.71. The molecule has 0 unspecified atom stereocenters. The van der Waals surface area contributed by atoms with Crippen molar-refractivity contribution in [2.24, 2.45) is 0 Å². The summed E-state index contributed by atoms with van der Waals surface area (Å²) in [7, 11) is 1.29. The highest BCUT2D eigenvalue weighted by Crippen LogP contribution is 2.06. The Hall–Kier alpha value is -2.17. The lowest BCUT2D eigenvalue weighted by molar-refractivity contribution is -0.135. The molecule has 0 fully saturated rings. The van der Waals surface area contributed by atoms with E-state index in [0.29, 0.717) is 11.1 Å². The van der Waals surface area contributed by atoms with Crippen LogP contribution in [0, 0.1) is 0 Å². The van der Waals surface area contributed by atoms with Gasteiger partial charge in [-0.3, -0.25) is 9.78 Å². The summed E-state index contributed by atoms with van der Waals surface area (Å²) in [6.45, 7) is 0. The monoisotopic (exact) mass is 221 g/mol. The molecule has 0 saturated carbocycles. The van der Waals surface area contributed by atoms with Crippen LogP contribution in [0.1, 0.15) is 22.3 Å². The summed E-state index contributed by atoms with van der Waals surface area (Å²) in [6, 6.07) is 1.58. The summed E-state index contributed by atoms with van der Waals surface area (Å²) in [5, 5.41) is 8.43. The Kier molecular flexibility index (Phi) is 4.20. The highest BCUT2D eigenvalue weighted by Gasteiger charge is 2.04. The number of carbonyl (C=O) groups excluding carboxylic acids is 1. The number of carbonyl (C=O) groups is 2. The average molecular weight is 221 g/mol. The quantitative estimate of drug-likeness (QED) is 0.777. The molecule has 1 rings (SSSR count). The number of carboxylic acid groups (broad SMARTS) is 1. The molecule has 0 radical (unpaired) electrons. The zero-order chi connectivity index (χ0) is 12.0. The predicted octanol–water partition coefficient (Wildman–Crippen LogP) is 1.36. The van der Waals surface area contributed by atoms with Crippen LogP contribution in [0.2, 0.25) is 0 Å². The molecule has 1 heterocycles. The van der Waals surface area contributed by atoms with Crippen LogP contribution in [0.5, 0.6) is 0 Å². The maximum atomic E-state index is 11.2. The Bertz CT molecular complexity index is 426. The number of aromatic nitrogens is 1. The van der Waals surface area contributed by atoms with Crippen LogP contribution in [0.15, 0.2) is 24.5 Å². The molecule has 5 nitrogen and oxygen atoms in total. The number of hydrogen-bond donors (Lipinski definition) is 1. The van der Waals surface area contributed by atoms with Gasteiger partial charge in [0.15, 0.2) is 0 Å². The van der Waals surface area contributed by atoms with Crippen LogP contribution in [0.3, 0.4) is 0 Å². The molecule has 0 bridgehead atoms. The number of methoxy groups -OCH3 is 1. The van der Waals surface area contributed by atoms with Gasteiger partial charge in [-0.25, -0.2) is 4.79 Å². The second-order valence-corrected chi connectivity index (χ2v) is 3.00. The van der Waals surface area contributed by atoms with E-state index in [0.717, 1.165) is 0 Å². The van der Waals surface area contributed by atoms with Crippen molar-refractivity contribution in [2.45, 2.75) is 6.42 Å². The standard InChI is InChI=1S/C11H11NO4/c1-16-11(15)9-5-8(6-12-7-9)3-2-4-10(13)14/h2-3,5-7H,4H2,1H3,(H,13,14). The van der Waals surface area contributed by atoms with E-state index in [1.807, 2.05) is 0 Å². The zero-order valence-electron chi connectivity index (χ0n) is 8.71. The molecule has 5 heteroatoms. The molecule has 16 heavy (non-hydrogen) atoms. The fourth-order valence-electron chi connectivity index (χ4n) is 1.07. The first-order chi connectivity index (χ1) is 7.63. The van der Waals surface area contributed by atoms with Crippen molar-refractivity contribution in [1.82, 2.24) is 4.98 Å². The topological polar surface area (TPSA) is 76.5 Å². The molecule has 1 N–H and O–H groups in total. The lowest BCUT2D eigenvalue weighted by Crippen LogP contribution is -2.01. The van der Waals surface area contributed by atoms with E-state index in [4.69, 9.17) is 5.11 Å². The minimum absolute atomic E-state index is 0.0670. The number of carboxylic acids is 1. The first-order valence-corrected chi connectivity index (χ1v) is 4.55. The molecule has 0 aliphatic heterocycles. The molecule has 0 amide bonds. The van der Waals surface area contributed by atoms with E-state index in [1.165, 1.54) is 25.6 Å². The Morgan fingerprint density at radius 3 is 2.88 bits per heavy atom. The third-order valence-corrected chi connectivity index (χ3v) is 1.78. The van der Waals surface area contributed by atoms with Crippen molar-refractivity contribution in [3.63, 3.8) is 0 Å². The minimum atomic E-state index is -0.909. The normalized spacial score (nSPS) is 10.3. The van der Waals surface area contributed by atoms with Crippen molar-refractivity contribution in [3.05, 3.63) is 35.7 Å². The second kappa shape index (κ2) is 5.65. The van der Waals surface area contributed by atoms with Gasteiger partial charge < -0.3 is 9.84 Å². The van der Waals surface area contributed by atoms with Crippen LogP contribution >= 0.6 is 0 Å². The van der Waals surface area contributed by atoms with E-state index >= 15 is 0 Å². The third-order valence-electron chi connectivity index (χ3n) is 1.78. The third kappa shape index (κ3) is 3.53. The predicted molar refractivity (Wildman–Crippen MR) is 56.9 cm³/mol. The van der Waals surface area contributed by atoms with Gasteiger partial charge in [0.25, 0.3) is 0 Å². The molecule has 0 aromatic carbocycles. The molecule has 0 atom stereocenters. The maximum Gasteiger partial charge on any atom is 0.339 e. The number of nitrogens with zero attached hydrogens (tertiary/aromatic N) is 1. The van der Waals surface area contributed by atoms with Crippen LogP contribution in [-0.2, 0) is 9.53 Å². The molecule has 0 spiro atoms. The van der Waals surface area contributed by atoms with Crippen LogP contribution in [-0.4, -0.2) is 29.1 Å². The van der Waals surface area contributed by atoms with Gasteiger partial charge in [0.05, 0.1) is 19.1 Å². The van der Waals surface area contributed by atoms with Gasteiger partial charge >= 0.3 is 11.9 Å². The van der Waals surface area contributed by atoms with Gasteiger partial charge in [-0.05, 0) is 11.6 Å². The second-order valence-electron chi connectivity index (χ2n) is 3.00. The van der Waals surface area contributed by atoms with Gasteiger partial charge in [-0.1, -0.05) is 12.2 Å². The number of rotatable bonds is 4. The molecule has 0 saturated heterocycles. The molecule has 84 valence electrons. The number of pyridine rings is 1. The minimum Gasteiger partial charge on any atom is -0.481 e. The van der Waals surface area contributed by atoms with E-state index in [1.54, 1.807) is 12.1 Å². The average Bonchev–Trinajstić information content (AvgIpc) is 2.28. The summed E-state index contributed by atoms with van der Waals surface area (Å²) in [6.07, 6.45) is 5.93. The smallest absolute Gasteiger partial charge is 0.339 e. The summed E-state index contributed by atoms with van der Waals surface area (Å²) in [5.74, 6) is -1.38. The summed E-state index contributed by atoms with van der Waals surface area (Å²) < 4.78 is 4.54. The summed E-state index contributed by atoms with van der Waals surface area (Å²) in [4.78, 5) is 25.3. The fourth-order valence-corrected chi connectivity index (χ4v) is 1.07. The van der Waals surface area contributed by atoms with Crippen LogP contribution in [0.25, 0.3) is 6.08 Å².